The maximum atomic E-state index is 12.5. The summed E-state index contributed by atoms with van der Waals surface area (Å²) < 4.78 is 21.4. The van der Waals surface area contributed by atoms with Crippen molar-refractivity contribution in [1.82, 2.24) is 5.16 Å². The number of aryl methyl sites for hydroxylation is 1. The van der Waals surface area contributed by atoms with Crippen molar-refractivity contribution in [2.24, 2.45) is 0 Å². The summed E-state index contributed by atoms with van der Waals surface area (Å²) in [4.78, 5) is 24.7. The molecule has 1 unspecified atom stereocenters. The van der Waals surface area contributed by atoms with Crippen LogP contribution in [0.3, 0.4) is 0 Å². The number of nitrogens with one attached hydrogen (secondary N) is 1. The second-order valence-electron chi connectivity index (χ2n) is 6.38. The zero-order chi connectivity index (χ0) is 21.3. The van der Waals surface area contributed by atoms with Crippen LogP contribution in [0.2, 0.25) is 0 Å². The standard InChI is InChI=1S/C22H22N2O6/c1-15-14-20(30-24-15)23-21(25)16(2)29-22(26)18-10-6-7-11-19(18)28-13-12-27-17-8-4-3-5-9-17/h3-11,14,16H,12-13H2,1-2H3,(H,23,25). The highest BCUT2D eigenvalue weighted by Gasteiger charge is 2.22. The van der Waals surface area contributed by atoms with E-state index in [0.29, 0.717) is 18.1 Å². The van der Waals surface area contributed by atoms with Crippen molar-refractivity contribution >= 4 is 17.8 Å². The Morgan fingerprint density at radius 2 is 1.73 bits per heavy atom. The van der Waals surface area contributed by atoms with E-state index in [1.807, 2.05) is 30.3 Å². The number of carbonyl (C=O) groups excluding carboxylic acids is 2. The summed E-state index contributed by atoms with van der Waals surface area (Å²) in [6.07, 6.45) is -1.04. The van der Waals surface area contributed by atoms with Crippen LogP contribution in [-0.2, 0) is 9.53 Å². The summed E-state index contributed by atoms with van der Waals surface area (Å²) in [5.41, 5.74) is 0.838. The van der Waals surface area contributed by atoms with Crippen molar-refractivity contribution in [3.8, 4) is 11.5 Å². The molecule has 1 atom stereocenters. The van der Waals surface area contributed by atoms with Gasteiger partial charge >= 0.3 is 5.97 Å². The Kier molecular flexibility index (Phi) is 7.05. The van der Waals surface area contributed by atoms with Crippen LogP contribution >= 0.6 is 0 Å². The lowest BCUT2D eigenvalue weighted by atomic mass is 10.2. The topological polar surface area (TPSA) is 99.9 Å². The predicted molar refractivity (Wildman–Crippen MR) is 109 cm³/mol. The maximum absolute atomic E-state index is 12.5. The van der Waals surface area contributed by atoms with Crippen LogP contribution in [0.1, 0.15) is 23.0 Å². The number of benzene rings is 2. The lowest BCUT2D eigenvalue weighted by Gasteiger charge is -2.15. The average Bonchev–Trinajstić information content (AvgIpc) is 3.16. The number of hydrogen-bond donors (Lipinski definition) is 1. The van der Waals surface area contributed by atoms with Gasteiger partial charge in [0.05, 0.1) is 5.69 Å². The molecule has 1 heterocycles. The molecular weight excluding hydrogens is 388 g/mol. The molecule has 0 spiro atoms. The Bertz CT molecular complexity index is 986. The fourth-order valence-corrected chi connectivity index (χ4v) is 2.51. The number of nitrogens with zero attached hydrogens (tertiary/aromatic N) is 1. The smallest absolute Gasteiger partial charge is 0.342 e. The number of carbonyl (C=O) groups is 2. The van der Waals surface area contributed by atoms with E-state index >= 15 is 0 Å². The second-order valence-corrected chi connectivity index (χ2v) is 6.38. The van der Waals surface area contributed by atoms with E-state index in [-0.39, 0.29) is 18.1 Å². The van der Waals surface area contributed by atoms with Crippen molar-refractivity contribution < 1.29 is 28.3 Å². The minimum absolute atomic E-state index is 0.183. The summed E-state index contributed by atoms with van der Waals surface area (Å²) in [6.45, 7) is 3.74. The first-order valence-corrected chi connectivity index (χ1v) is 9.38. The first kappa shape index (κ1) is 20.9. The third-order valence-corrected chi connectivity index (χ3v) is 3.99. The summed E-state index contributed by atoms with van der Waals surface area (Å²) in [6, 6.07) is 17.6. The molecule has 3 rings (SSSR count). The quantitative estimate of drug-likeness (QED) is 0.425. The molecule has 30 heavy (non-hydrogen) atoms. The van der Waals surface area contributed by atoms with E-state index in [1.165, 1.54) is 6.92 Å². The zero-order valence-corrected chi connectivity index (χ0v) is 16.7. The van der Waals surface area contributed by atoms with Crippen molar-refractivity contribution in [2.45, 2.75) is 20.0 Å². The minimum atomic E-state index is -1.04. The Labute approximate surface area is 173 Å². The molecule has 0 saturated heterocycles. The number of ether oxygens (including phenoxy) is 3. The number of para-hydroxylation sites is 2. The van der Waals surface area contributed by atoms with Crippen molar-refractivity contribution in [1.29, 1.82) is 0 Å². The normalized spacial score (nSPS) is 11.4. The van der Waals surface area contributed by atoms with E-state index in [4.69, 9.17) is 18.7 Å². The molecule has 0 saturated carbocycles. The summed E-state index contributed by atoms with van der Waals surface area (Å²) >= 11 is 0. The van der Waals surface area contributed by atoms with E-state index in [0.717, 1.165) is 5.75 Å². The predicted octanol–water partition coefficient (Wildman–Crippen LogP) is 3.62. The van der Waals surface area contributed by atoms with Gasteiger partial charge < -0.3 is 18.7 Å². The van der Waals surface area contributed by atoms with Crippen LogP contribution in [0, 0.1) is 6.92 Å². The van der Waals surface area contributed by atoms with E-state index in [9.17, 15) is 9.59 Å². The van der Waals surface area contributed by atoms with Crippen molar-refractivity contribution in [3.05, 3.63) is 71.9 Å². The summed E-state index contributed by atoms with van der Waals surface area (Å²) in [7, 11) is 0. The number of amides is 1. The van der Waals surface area contributed by atoms with Gasteiger partial charge in [-0.2, -0.15) is 0 Å². The van der Waals surface area contributed by atoms with Gasteiger partial charge in [0.1, 0.15) is 30.3 Å². The fraction of sp³-hybridized carbons (Fsp3) is 0.227. The first-order valence-electron chi connectivity index (χ1n) is 9.38. The summed E-state index contributed by atoms with van der Waals surface area (Å²) in [5, 5.41) is 6.18. The molecule has 156 valence electrons. The molecule has 1 aromatic heterocycles. The lowest BCUT2D eigenvalue weighted by molar-refractivity contribution is -0.123. The third-order valence-electron chi connectivity index (χ3n) is 3.99. The SMILES string of the molecule is Cc1cc(NC(=O)C(C)OC(=O)c2ccccc2OCCOc2ccccc2)on1. The molecule has 2 aromatic carbocycles. The number of aromatic nitrogens is 1. The molecule has 0 aliphatic carbocycles. The molecule has 3 aromatic rings. The Balaban J connectivity index is 1.53. The fourth-order valence-electron chi connectivity index (χ4n) is 2.51. The number of anilines is 1. The number of esters is 1. The molecule has 0 bridgehead atoms. The zero-order valence-electron chi connectivity index (χ0n) is 16.7. The van der Waals surface area contributed by atoms with Gasteiger partial charge in [-0.25, -0.2) is 4.79 Å². The van der Waals surface area contributed by atoms with Gasteiger partial charge in [-0.05, 0) is 38.1 Å². The summed E-state index contributed by atoms with van der Waals surface area (Å²) in [5.74, 6) is 0.0518. The van der Waals surface area contributed by atoms with Gasteiger partial charge in [0.25, 0.3) is 5.91 Å². The molecule has 0 aliphatic heterocycles. The molecule has 1 amide bonds. The monoisotopic (exact) mass is 410 g/mol. The molecule has 8 nitrogen and oxygen atoms in total. The average molecular weight is 410 g/mol. The van der Waals surface area contributed by atoms with Crippen molar-refractivity contribution in [3.63, 3.8) is 0 Å². The second kappa shape index (κ2) is 10.1. The highest BCUT2D eigenvalue weighted by Crippen LogP contribution is 2.20. The van der Waals surface area contributed by atoms with E-state index in [2.05, 4.69) is 10.5 Å². The highest BCUT2D eigenvalue weighted by molar-refractivity contribution is 5.97. The van der Waals surface area contributed by atoms with Crippen LogP contribution in [0.25, 0.3) is 0 Å². The maximum Gasteiger partial charge on any atom is 0.342 e. The largest absolute Gasteiger partial charge is 0.490 e. The van der Waals surface area contributed by atoms with Crippen LogP contribution in [0.4, 0.5) is 5.88 Å². The first-order chi connectivity index (χ1) is 14.5. The van der Waals surface area contributed by atoms with Crippen LogP contribution in [0.5, 0.6) is 11.5 Å². The molecule has 0 fully saturated rings. The number of hydrogen-bond acceptors (Lipinski definition) is 7. The lowest BCUT2D eigenvalue weighted by Crippen LogP contribution is -2.30. The van der Waals surface area contributed by atoms with Crippen LogP contribution in [-0.4, -0.2) is 36.4 Å². The van der Waals surface area contributed by atoms with Gasteiger partial charge in [0.2, 0.25) is 5.88 Å². The van der Waals surface area contributed by atoms with E-state index < -0.39 is 18.0 Å². The Morgan fingerprint density at radius 1 is 1.03 bits per heavy atom. The van der Waals surface area contributed by atoms with Crippen molar-refractivity contribution in [2.75, 3.05) is 18.5 Å². The molecular formula is C22H22N2O6. The molecule has 1 N–H and O–H groups in total. The Hall–Kier alpha value is -3.81. The highest BCUT2D eigenvalue weighted by atomic mass is 16.6. The van der Waals surface area contributed by atoms with Crippen LogP contribution in [0.15, 0.2) is 65.2 Å². The van der Waals surface area contributed by atoms with Gasteiger partial charge in [-0.1, -0.05) is 35.5 Å². The Morgan fingerprint density at radius 3 is 2.47 bits per heavy atom. The third kappa shape index (κ3) is 5.84. The van der Waals surface area contributed by atoms with Gasteiger partial charge in [0.15, 0.2) is 6.10 Å². The van der Waals surface area contributed by atoms with Gasteiger partial charge in [-0.3, -0.25) is 10.1 Å². The minimum Gasteiger partial charge on any atom is -0.490 e. The molecule has 0 radical (unpaired) electrons. The van der Waals surface area contributed by atoms with Gasteiger partial charge in [0, 0.05) is 6.07 Å². The molecule has 8 heteroatoms. The van der Waals surface area contributed by atoms with E-state index in [1.54, 1.807) is 37.3 Å². The van der Waals surface area contributed by atoms with Crippen LogP contribution < -0.4 is 14.8 Å². The molecule has 0 aliphatic rings. The number of rotatable bonds is 9. The van der Waals surface area contributed by atoms with Gasteiger partial charge in [-0.15, -0.1) is 0 Å².